The zero-order chi connectivity index (χ0) is 19.6. The van der Waals surface area contributed by atoms with E-state index in [2.05, 4.69) is 5.32 Å². The molecule has 0 spiro atoms. The summed E-state index contributed by atoms with van der Waals surface area (Å²) >= 11 is 12.9. The quantitative estimate of drug-likeness (QED) is 0.729. The van der Waals surface area contributed by atoms with E-state index >= 15 is 0 Å². The Labute approximate surface area is 168 Å². The maximum absolute atomic E-state index is 12.9. The number of nitrogens with one attached hydrogen (secondary N) is 1. The molecule has 1 heterocycles. The molecule has 0 bridgehead atoms. The predicted molar refractivity (Wildman–Crippen MR) is 105 cm³/mol. The molecule has 0 saturated carbocycles. The maximum Gasteiger partial charge on any atom is 0.247 e. The van der Waals surface area contributed by atoms with Crippen molar-refractivity contribution in [3.05, 3.63) is 58.3 Å². The van der Waals surface area contributed by atoms with Crippen LogP contribution in [0.3, 0.4) is 0 Å². The van der Waals surface area contributed by atoms with Crippen molar-refractivity contribution in [2.75, 3.05) is 16.0 Å². The first-order valence-corrected chi connectivity index (χ1v) is 9.64. The fourth-order valence-corrected chi connectivity index (χ4v) is 4.03. The van der Waals surface area contributed by atoms with Crippen LogP contribution in [0.1, 0.15) is 6.42 Å². The zero-order valence-electron chi connectivity index (χ0n) is 13.7. The summed E-state index contributed by atoms with van der Waals surface area (Å²) in [5, 5.41) is 2.56. The Kier molecular flexibility index (Phi) is 6.04. The number of rotatable bonds is 5. The Morgan fingerprint density at radius 1 is 1.15 bits per heavy atom. The monoisotopic (exact) mass is 426 g/mol. The molecule has 0 unspecified atom stereocenters. The van der Waals surface area contributed by atoms with Crippen molar-refractivity contribution in [2.45, 2.75) is 11.7 Å². The van der Waals surface area contributed by atoms with Gasteiger partial charge in [-0.3, -0.25) is 14.4 Å². The van der Waals surface area contributed by atoms with E-state index in [9.17, 15) is 18.8 Å². The predicted octanol–water partition coefficient (Wildman–Crippen LogP) is 4.14. The van der Waals surface area contributed by atoms with Gasteiger partial charge in [-0.25, -0.2) is 9.29 Å². The molecule has 27 heavy (non-hydrogen) atoms. The molecule has 1 N–H and O–H groups in total. The van der Waals surface area contributed by atoms with Crippen LogP contribution in [0.5, 0.6) is 0 Å². The summed E-state index contributed by atoms with van der Waals surface area (Å²) < 4.78 is 12.9. The van der Waals surface area contributed by atoms with Crippen LogP contribution >= 0.6 is 35.0 Å². The average Bonchev–Trinajstić information content (AvgIpc) is 2.88. The minimum absolute atomic E-state index is 0.0164. The topological polar surface area (TPSA) is 66.5 Å². The first-order chi connectivity index (χ1) is 12.8. The van der Waals surface area contributed by atoms with Gasteiger partial charge in [0, 0.05) is 22.2 Å². The summed E-state index contributed by atoms with van der Waals surface area (Å²) in [6, 6.07) is 9.81. The van der Waals surface area contributed by atoms with Gasteiger partial charge in [0.15, 0.2) is 0 Å². The molecule has 3 rings (SSSR count). The van der Waals surface area contributed by atoms with E-state index < -0.39 is 17.0 Å². The van der Waals surface area contributed by atoms with Gasteiger partial charge in [0.1, 0.15) is 5.82 Å². The third-order valence-electron chi connectivity index (χ3n) is 3.75. The Hall–Kier alpha value is -2.09. The fraction of sp³-hybridized carbons (Fsp3) is 0.167. The molecule has 1 aliphatic heterocycles. The number of hydrogen-bond acceptors (Lipinski definition) is 4. The van der Waals surface area contributed by atoms with Crippen molar-refractivity contribution >= 4 is 64.1 Å². The van der Waals surface area contributed by atoms with Gasteiger partial charge in [0.2, 0.25) is 17.7 Å². The van der Waals surface area contributed by atoms with Crippen molar-refractivity contribution < 1.29 is 18.8 Å². The number of nitrogens with zero attached hydrogens (tertiary/aromatic N) is 1. The van der Waals surface area contributed by atoms with Gasteiger partial charge in [0.25, 0.3) is 0 Å². The lowest BCUT2D eigenvalue weighted by Crippen LogP contribution is -2.31. The van der Waals surface area contributed by atoms with Crippen LogP contribution < -0.4 is 10.2 Å². The average molecular weight is 427 g/mol. The highest BCUT2D eigenvalue weighted by Crippen LogP contribution is 2.32. The standard InChI is InChI=1S/C18H13Cl2FN2O3S/c19-10-5-11(20)7-14(6-10)23-17(25)8-15(18(23)26)27-9-16(24)22-13-3-1-12(21)2-4-13/h1-7,15H,8-9H2,(H,22,24)/t15-/m1/s1. The molecule has 0 aliphatic carbocycles. The van der Waals surface area contributed by atoms with Gasteiger partial charge >= 0.3 is 0 Å². The molecule has 1 saturated heterocycles. The smallest absolute Gasteiger partial charge is 0.247 e. The van der Waals surface area contributed by atoms with Crippen LogP contribution in [-0.4, -0.2) is 28.7 Å². The highest BCUT2D eigenvalue weighted by Gasteiger charge is 2.40. The number of thioether (sulfide) groups is 1. The second-order valence-electron chi connectivity index (χ2n) is 5.75. The Morgan fingerprint density at radius 2 is 1.78 bits per heavy atom. The van der Waals surface area contributed by atoms with Gasteiger partial charge < -0.3 is 5.32 Å². The molecule has 2 aromatic rings. The van der Waals surface area contributed by atoms with E-state index in [1.807, 2.05) is 0 Å². The second-order valence-corrected chi connectivity index (χ2v) is 7.82. The summed E-state index contributed by atoms with van der Waals surface area (Å²) in [5.41, 5.74) is 0.757. The molecule has 9 heteroatoms. The molecule has 2 aromatic carbocycles. The van der Waals surface area contributed by atoms with Crippen molar-refractivity contribution in [1.29, 1.82) is 0 Å². The van der Waals surface area contributed by atoms with Crippen LogP contribution in [0, 0.1) is 5.82 Å². The third-order valence-corrected chi connectivity index (χ3v) is 5.39. The highest BCUT2D eigenvalue weighted by atomic mass is 35.5. The number of halogens is 3. The lowest BCUT2D eigenvalue weighted by molar-refractivity contribution is -0.121. The molecule has 3 amide bonds. The van der Waals surface area contributed by atoms with Gasteiger partial charge in [-0.1, -0.05) is 23.2 Å². The second kappa shape index (κ2) is 8.29. The van der Waals surface area contributed by atoms with Crippen LogP contribution in [0.4, 0.5) is 15.8 Å². The van der Waals surface area contributed by atoms with Crippen molar-refractivity contribution in [3.63, 3.8) is 0 Å². The summed E-state index contributed by atoms with van der Waals surface area (Å²) in [4.78, 5) is 37.9. The summed E-state index contributed by atoms with van der Waals surface area (Å²) in [5.74, 6) is -1.58. The van der Waals surface area contributed by atoms with Gasteiger partial charge in [0.05, 0.1) is 16.7 Å². The van der Waals surface area contributed by atoms with E-state index in [4.69, 9.17) is 23.2 Å². The van der Waals surface area contributed by atoms with Crippen molar-refractivity contribution in [3.8, 4) is 0 Å². The lowest BCUT2D eigenvalue weighted by Gasteiger charge is -2.15. The number of carbonyl (C=O) groups excluding carboxylic acids is 3. The number of amides is 3. The lowest BCUT2D eigenvalue weighted by atomic mass is 10.3. The Morgan fingerprint density at radius 3 is 2.41 bits per heavy atom. The van der Waals surface area contributed by atoms with Crippen LogP contribution in [0.2, 0.25) is 10.0 Å². The minimum Gasteiger partial charge on any atom is -0.325 e. The van der Waals surface area contributed by atoms with Crippen molar-refractivity contribution in [2.24, 2.45) is 0 Å². The molecular formula is C18H13Cl2FN2O3S. The number of benzene rings is 2. The fourth-order valence-electron chi connectivity index (χ4n) is 2.58. The SMILES string of the molecule is O=C(CS[C@@H]1CC(=O)N(c2cc(Cl)cc(Cl)c2)C1=O)Nc1ccc(F)cc1. The number of anilines is 2. The number of carbonyl (C=O) groups is 3. The normalized spacial score (nSPS) is 16.7. The largest absolute Gasteiger partial charge is 0.325 e. The van der Waals surface area contributed by atoms with Gasteiger partial charge in [-0.05, 0) is 42.5 Å². The molecule has 0 aromatic heterocycles. The number of imide groups is 1. The van der Waals surface area contributed by atoms with E-state index in [1.165, 1.54) is 42.5 Å². The van der Waals surface area contributed by atoms with Crippen LogP contribution in [-0.2, 0) is 14.4 Å². The third kappa shape index (κ3) is 4.80. The summed E-state index contributed by atoms with van der Waals surface area (Å²) in [7, 11) is 0. The molecule has 1 atom stereocenters. The van der Waals surface area contributed by atoms with Crippen molar-refractivity contribution in [1.82, 2.24) is 0 Å². The molecule has 5 nitrogen and oxygen atoms in total. The molecule has 140 valence electrons. The Balaban J connectivity index is 1.61. The highest BCUT2D eigenvalue weighted by molar-refractivity contribution is 8.01. The molecule has 1 fully saturated rings. The Bertz CT molecular complexity index is 888. The van der Waals surface area contributed by atoms with Gasteiger partial charge in [-0.2, -0.15) is 0 Å². The first kappa shape index (κ1) is 19.7. The van der Waals surface area contributed by atoms with Crippen LogP contribution in [0.25, 0.3) is 0 Å². The zero-order valence-corrected chi connectivity index (χ0v) is 16.1. The number of hydrogen-bond donors (Lipinski definition) is 1. The summed E-state index contributed by atoms with van der Waals surface area (Å²) in [6.07, 6.45) is -0.0164. The van der Waals surface area contributed by atoms with Crippen LogP contribution in [0.15, 0.2) is 42.5 Å². The van der Waals surface area contributed by atoms with E-state index in [-0.39, 0.29) is 24.0 Å². The first-order valence-electron chi connectivity index (χ1n) is 7.83. The molecule has 1 aliphatic rings. The van der Waals surface area contributed by atoms with Gasteiger partial charge in [-0.15, -0.1) is 11.8 Å². The maximum atomic E-state index is 12.9. The minimum atomic E-state index is -0.672. The molecule has 0 radical (unpaired) electrons. The van der Waals surface area contributed by atoms with E-state index in [0.29, 0.717) is 21.4 Å². The molecular weight excluding hydrogens is 414 g/mol. The van der Waals surface area contributed by atoms with E-state index in [0.717, 1.165) is 16.7 Å². The van der Waals surface area contributed by atoms with E-state index in [1.54, 1.807) is 0 Å². The summed E-state index contributed by atoms with van der Waals surface area (Å²) in [6.45, 7) is 0.